The van der Waals surface area contributed by atoms with Gasteiger partial charge in [0.15, 0.2) is 0 Å². The summed E-state index contributed by atoms with van der Waals surface area (Å²) in [5, 5.41) is 3.35. The van der Waals surface area contributed by atoms with Crippen LogP contribution in [0.25, 0.3) is 0 Å². The summed E-state index contributed by atoms with van der Waals surface area (Å²) in [6.07, 6.45) is 0.0730. The van der Waals surface area contributed by atoms with Crippen molar-refractivity contribution in [2.45, 2.75) is 41.8 Å². The van der Waals surface area contributed by atoms with Gasteiger partial charge in [0, 0.05) is 30.7 Å². The fraction of sp³-hybridized carbons (Fsp3) is 0.278. The molecule has 12 heteroatoms. The van der Waals surface area contributed by atoms with Gasteiger partial charge in [-0.3, -0.25) is 4.79 Å². The zero-order chi connectivity index (χ0) is 34.1. The second kappa shape index (κ2) is 16.0. The van der Waals surface area contributed by atoms with Crippen LogP contribution >= 0.6 is 0 Å². The number of nitrogens with two attached hydrogens (primary N) is 2. The summed E-state index contributed by atoms with van der Waals surface area (Å²) in [6, 6.07) is 30.9. The number of methoxy groups -OCH3 is 1. The molecule has 1 saturated heterocycles. The number of aryl methyl sites for hydroxylation is 1. The molecule has 252 valence electrons. The number of morpholine rings is 1. The molecule has 0 unspecified atom stereocenters. The van der Waals surface area contributed by atoms with Crippen molar-refractivity contribution in [3.63, 3.8) is 0 Å². The SMILES string of the molecule is COC(=O)N(C(=O)[C@@H](N)C(c1ccccc1)c1ccccc1)c1ccccc1CC[C@@H]1CN[C@H](CNS(=O)(=O)c2ccc(N)cc2)CO1. The predicted molar refractivity (Wildman–Crippen MR) is 185 cm³/mol. The van der Waals surface area contributed by atoms with E-state index < -0.39 is 34.0 Å². The number of sulfonamides is 1. The molecular weight excluding hydrogens is 630 g/mol. The van der Waals surface area contributed by atoms with E-state index in [-0.39, 0.29) is 23.6 Å². The fourth-order valence-corrected chi connectivity index (χ4v) is 6.88. The molecule has 4 aromatic carbocycles. The van der Waals surface area contributed by atoms with E-state index in [1.165, 1.54) is 19.2 Å². The van der Waals surface area contributed by atoms with Gasteiger partial charge in [-0.05, 0) is 59.9 Å². The molecule has 1 fully saturated rings. The Labute approximate surface area is 281 Å². The number of carbonyl (C=O) groups is 2. The number of hydrogen-bond donors (Lipinski definition) is 4. The number of rotatable bonds is 12. The van der Waals surface area contributed by atoms with Gasteiger partial charge in [-0.25, -0.2) is 22.8 Å². The largest absolute Gasteiger partial charge is 0.452 e. The van der Waals surface area contributed by atoms with Gasteiger partial charge in [-0.1, -0.05) is 78.9 Å². The standard InChI is InChI=1S/C36H41N5O6S/c1-46-36(43)41(35(42)34(38)33(26-11-4-2-5-12-26)27-13-6-3-7-14-27)32-15-9-8-10-25(32)16-19-30-23-39-29(24-47-30)22-40-48(44,45)31-20-17-28(37)18-21-31/h2-15,17-18,20-21,29-30,33-34,39-40H,16,19,22-24,37-38H2,1H3/t29-,30-,34+/m1/s1. The highest BCUT2D eigenvalue weighted by Gasteiger charge is 2.36. The van der Waals surface area contributed by atoms with Crippen molar-refractivity contribution in [1.29, 1.82) is 0 Å². The third-order valence-electron chi connectivity index (χ3n) is 8.38. The monoisotopic (exact) mass is 671 g/mol. The van der Waals surface area contributed by atoms with Crippen molar-refractivity contribution >= 4 is 33.4 Å². The van der Waals surface area contributed by atoms with Gasteiger partial charge in [0.25, 0.3) is 5.91 Å². The summed E-state index contributed by atoms with van der Waals surface area (Å²) in [7, 11) is -2.46. The minimum absolute atomic E-state index is 0.140. The zero-order valence-electron chi connectivity index (χ0n) is 26.7. The van der Waals surface area contributed by atoms with Crippen molar-refractivity contribution in [2.24, 2.45) is 5.73 Å². The molecule has 0 aliphatic carbocycles. The minimum atomic E-state index is -3.69. The lowest BCUT2D eigenvalue weighted by Gasteiger charge is -2.31. The lowest BCUT2D eigenvalue weighted by Crippen LogP contribution is -2.51. The number of nitrogens with zero attached hydrogens (tertiary/aromatic N) is 1. The Bertz CT molecular complexity index is 1730. The number of ether oxygens (including phenoxy) is 2. The van der Waals surface area contributed by atoms with Gasteiger partial charge >= 0.3 is 6.09 Å². The molecule has 0 aromatic heterocycles. The summed E-state index contributed by atoms with van der Waals surface area (Å²) >= 11 is 0. The van der Waals surface area contributed by atoms with E-state index in [1.54, 1.807) is 24.3 Å². The van der Waals surface area contributed by atoms with Crippen LogP contribution in [0, 0.1) is 0 Å². The van der Waals surface area contributed by atoms with Crippen LogP contribution in [0.3, 0.4) is 0 Å². The van der Waals surface area contributed by atoms with Crippen LogP contribution in [0.5, 0.6) is 0 Å². The maximum Gasteiger partial charge on any atom is 0.420 e. The number of amides is 2. The van der Waals surface area contributed by atoms with Crippen LogP contribution in [0.15, 0.2) is 114 Å². The van der Waals surface area contributed by atoms with Crippen molar-refractivity contribution in [1.82, 2.24) is 10.0 Å². The van der Waals surface area contributed by atoms with E-state index in [2.05, 4.69) is 10.0 Å². The fourth-order valence-electron chi connectivity index (χ4n) is 5.80. The molecule has 11 nitrogen and oxygen atoms in total. The Morgan fingerprint density at radius 2 is 1.54 bits per heavy atom. The van der Waals surface area contributed by atoms with Crippen molar-refractivity contribution in [3.8, 4) is 0 Å². The molecule has 1 aliphatic heterocycles. The van der Waals surface area contributed by atoms with Crippen LogP contribution in [0.2, 0.25) is 0 Å². The summed E-state index contributed by atoms with van der Waals surface area (Å²) in [6.45, 7) is 0.959. The quantitative estimate of drug-likeness (QED) is 0.164. The number of para-hydroxylation sites is 1. The number of hydrogen-bond acceptors (Lipinski definition) is 9. The van der Waals surface area contributed by atoms with Crippen molar-refractivity contribution in [2.75, 3.05) is 37.4 Å². The molecule has 1 aliphatic rings. The molecule has 0 saturated carbocycles. The molecule has 48 heavy (non-hydrogen) atoms. The zero-order valence-corrected chi connectivity index (χ0v) is 27.5. The number of anilines is 2. The first-order valence-electron chi connectivity index (χ1n) is 15.7. The first-order valence-corrected chi connectivity index (χ1v) is 17.2. The van der Waals surface area contributed by atoms with Gasteiger partial charge < -0.3 is 26.3 Å². The Balaban J connectivity index is 1.25. The number of benzene rings is 4. The van der Waals surface area contributed by atoms with E-state index in [4.69, 9.17) is 20.9 Å². The first-order chi connectivity index (χ1) is 23.2. The van der Waals surface area contributed by atoms with Crippen molar-refractivity contribution in [3.05, 3.63) is 126 Å². The van der Waals surface area contributed by atoms with E-state index in [1.807, 2.05) is 72.8 Å². The van der Waals surface area contributed by atoms with Gasteiger partial charge in [-0.15, -0.1) is 0 Å². The van der Waals surface area contributed by atoms with E-state index >= 15 is 0 Å². The van der Waals surface area contributed by atoms with Gasteiger partial charge in [-0.2, -0.15) is 0 Å². The van der Waals surface area contributed by atoms with Crippen LogP contribution in [-0.4, -0.2) is 65.4 Å². The molecule has 1 heterocycles. The highest BCUT2D eigenvalue weighted by atomic mass is 32.2. The normalized spacial score (nSPS) is 17.1. The smallest absolute Gasteiger partial charge is 0.420 e. The first kappa shape index (κ1) is 34.7. The number of carbonyl (C=O) groups excluding carboxylic acids is 2. The Hall–Kier alpha value is -4.59. The van der Waals surface area contributed by atoms with E-state index in [0.29, 0.717) is 37.4 Å². The Morgan fingerprint density at radius 1 is 0.938 bits per heavy atom. The second-order valence-electron chi connectivity index (χ2n) is 11.6. The summed E-state index contributed by atoms with van der Waals surface area (Å²) < 4.78 is 39.1. The molecule has 0 bridgehead atoms. The van der Waals surface area contributed by atoms with Crippen molar-refractivity contribution < 1.29 is 27.5 Å². The molecule has 6 N–H and O–H groups in total. The van der Waals surface area contributed by atoms with Gasteiger partial charge in [0.2, 0.25) is 10.0 Å². The molecule has 0 radical (unpaired) electrons. The maximum atomic E-state index is 14.2. The maximum absolute atomic E-state index is 14.2. The van der Waals surface area contributed by atoms with Gasteiger partial charge in [0.1, 0.15) is 0 Å². The topological polar surface area (TPSA) is 166 Å². The lowest BCUT2D eigenvalue weighted by molar-refractivity contribution is -0.119. The molecule has 4 aromatic rings. The highest BCUT2D eigenvalue weighted by Crippen LogP contribution is 2.31. The van der Waals surface area contributed by atoms with E-state index in [0.717, 1.165) is 21.6 Å². The highest BCUT2D eigenvalue weighted by molar-refractivity contribution is 7.89. The van der Waals surface area contributed by atoms with Crippen LogP contribution in [0.4, 0.5) is 16.2 Å². The second-order valence-corrected chi connectivity index (χ2v) is 13.4. The number of nitrogens with one attached hydrogen (secondary N) is 2. The average molecular weight is 672 g/mol. The number of nitrogen functional groups attached to an aromatic ring is 1. The van der Waals surface area contributed by atoms with E-state index in [9.17, 15) is 18.0 Å². The third kappa shape index (κ3) is 8.46. The number of imide groups is 1. The summed E-state index contributed by atoms with van der Waals surface area (Å²) in [5.74, 6) is -1.10. The van der Waals surface area contributed by atoms with Crippen LogP contribution in [0.1, 0.15) is 29.0 Å². The lowest BCUT2D eigenvalue weighted by atomic mass is 9.84. The Morgan fingerprint density at radius 3 is 2.12 bits per heavy atom. The minimum Gasteiger partial charge on any atom is -0.452 e. The molecule has 2 amide bonds. The van der Waals surface area contributed by atoms with Crippen LogP contribution < -0.4 is 26.4 Å². The molecule has 3 atom stereocenters. The predicted octanol–water partition coefficient (Wildman–Crippen LogP) is 3.80. The molecule has 5 rings (SSSR count). The Kier molecular flexibility index (Phi) is 11.6. The molecule has 0 spiro atoms. The van der Waals surface area contributed by atoms with Crippen LogP contribution in [-0.2, 0) is 30.7 Å². The molecular formula is C36H41N5O6S. The average Bonchev–Trinajstić information content (AvgIpc) is 3.12. The third-order valence-corrected chi connectivity index (χ3v) is 9.82. The summed E-state index contributed by atoms with van der Waals surface area (Å²) in [5.41, 5.74) is 15.7. The summed E-state index contributed by atoms with van der Waals surface area (Å²) in [4.78, 5) is 28.6. The van der Waals surface area contributed by atoms with Gasteiger partial charge in [0.05, 0.1) is 36.4 Å².